The third-order valence-electron chi connectivity index (χ3n) is 3.92. The van der Waals surface area contributed by atoms with Crippen molar-refractivity contribution in [2.75, 3.05) is 19.6 Å². The van der Waals surface area contributed by atoms with Crippen LogP contribution in [0.4, 0.5) is 0 Å². The van der Waals surface area contributed by atoms with Crippen molar-refractivity contribution in [3.8, 4) is 0 Å². The number of hydrogen-bond acceptors (Lipinski definition) is 3. The molecule has 0 spiro atoms. The number of amides is 2. The lowest BCUT2D eigenvalue weighted by atomic mass is 10.0. The predicted octanol–water partition coefficient (Wildman–Crippen LogP) is 0.112. The molecule has 2 rings (SSSR count). The second kappa shape index (κ2) is 5.69. The highest BCUT2D eigenvalue weighted by Crippen LogP contribution is 2.15. The summed E-state index contributed by atoms with van der Waals surface area (Å²) in [7, 11) is 0. The molecule has 0 aliphatic carbocycles. The van der Waals surface area contributed by atoms with Gasteiger partial charge in [0.1, 0.15) is 0 Å². The summed E-state index contributed by atoms with van der Waals surface area (Å²) in [6.45, 7) is 6.40. The maximum Gasteiger partial charge on any atom is 0.224 e. The van der Waals surface area contributed by atoms with Crippen molar-refractivity contribution >= 4 is 11.8 Å². The van der Waals surface area contributed by atoms with Gasteiger partial charge >= 0.3 is 0 Å². The zero-order valence-corrected chi connectivity index (χ0v) is 11.2. The monoisotopic (exact) mass is 253 g/mol. The van der Waals surface area contributed by atoms with Crippen LogP contribution in [0.3, 0.4) is 0 Å². The molecule has 2 amide bonds. The standard InChI is InChI=1S/C13H23N3O2/c1-9(8-16-7-3-4-12(16)17)15-13(18)11-5-6-14-10(11)2/h9-11,14H,3-8H2,1-2H3,(H,15,18). The molecule has 2 saturated heterocycles. The molecule has 0 saturated carbocycles. The topological polar surface area (TPSA) is 61.4 Å². The Morgan fingerprint density at radius 1 is 1.61 bits per heavy atom. The Morgan fingerprint density at radius 3 is 2.94 bits per heavy atom. The van der Waals surface area contributed by atoms with Crippen molar-refractivity contribution in [2.45, 2.75) is 45.2 Å². The van der Waals surface area contributed by atoms with Crippen LogP contribution in [-0.4, -0.2) is 48.4 Å². The normalized spacial score (nSPS) is 29.7. The average Bonchev–Trinajstić information content (AvgIpc) is 2.88. The molecule has 2 fully saturated rings. The summed E-state index contributed by atoms with van der Waals surface area (Å²) in [5.74, 6) is 0.403. The van der Waals surface area contributed by atoms with Crippen LogP contribution in [0.25, 0.3) is 0 Å². The Morgan fingerprint density at radius 2 is 2.39 bits per heavy atom. The van der Waals surface area contributed by atoms with Gasteiger partial charge < -0.3 is 15.5 Å². The molecule has 2 aliphatic rings. The molecule has 0 radical (unpaired) electrons. The van der Waals surface area contributed by atoms with E-state index in [2.05, 4.69) is 10.6 Å². The van der Waals surface area contributed by atoms with Crippen molar-refractivity contribution in [2.24, 2.45) is 5.92 Å². The Balaban J connectivity index is 1.78. The van der Waals surface area contributed by atoms with Gasteiger partial charge in [0, 0.05) is 31.6 Å². The highest BCUT2D eigenvalue weighted by Gasteiger charge is 2.30. The van der Waals surface area contributed by atoms with Crippen molar-refractivity contribution in [1.29, 1.82) is 0 Å². The molecule has 0 aromatic rings. The largest absolute Gasteiger partial charge is 0.352 e. The fraction of sp³-hybridized carbons (Fsp3) is 0.846. The van der Waals surface area contributed by atoms with Gasteiger partial charge in [0.05, 0.1) is 5.92 Å². The number of carbonyl (C=O) groups is 2. The quantitative estimate of drug-likeness (QED) is 0.747. The molecule has 5 nitrogen and oxygen atoms in total. The van der Waals surface area contributed by atoms with Gasteiger partial charge in [-0.3, -0.25) is 9.59 Å². The van der Waals surface area contributed by atoms with Crippen LogP contribution in [0, 0.1) is 5.92 Å². The second-order valence-corrected chi connectivity index (χ2v) is 5.49. The van der Waals surface area contributed by atoms with Gasteiger partial charge in [0.2, 0.25) is 11.8 Å². The van der Waals surface area contributed by atoms with Crippen molar-refractivity contribution in [3.05, 3.63) is 0 Å². The molecule has 0 aromatic heterocycles. The number of carbonyl (C=O) groups excluding carboxylic acids is 2. The van der Waals surface area contributed by atoms with E-state index in [1.54, 1.807) is 0 Å². The Kier molecular flexibility index (Phi) is 4.22. The summed E-state index contributed by atoms with van der Waals surface area (Å²) in [4.78, 5) is 25.4. The van der Waals surface area contributed by atoms with Gasteiger partial charge in [-0.25, -0.2) is 0 Å². The highest BCUT2D eigenvalue weighted by atomic mass is 16.2. The molecule has 2 heterocycles. The minimum atomic E-state index is 0.0346. The fourth-order valence-electron chi connectivity index (χ4n) is 2.84. The van der Waals surface area contributed by atoms with Crippen LogP contribution in [0.5, 0.6) is 0 Å². The van der Waals surface area contributed by atoms with Crippen molar-refractivity contribution in [1.82, 2.24) is 15.5 Å². The first-order chi connectivity index (χ1) is 8.58. The first-order valence-corrected chi connectivity index (χ1v) is 6.89. The van der Waals surface area contributed by atoms with Crippen LogP contribution >= 0.6 is 0 Å². The number of nitrogens with zero attached hydrogens (tertiary/aromatic N) is 1. The van der Waals surface area contributed by atoms with Crippen LogP contribution in [-0.2, 0) is 9.59 Å². The molecule has 18 heavy (non-hydrogen) atoms. The zero-order valence-electron chi connectivity index (χ0n) is 11.2. The summed E-state index contributed by atoms with van der Waals surface area (Å²) in [6.07, 6.45) is 2.51. The fourth-order valence-corrected chi connectivity index (χ4v) is 2.84. The maximum atomic E-state index is 12.1. The first kappa shape index (κ1) is 13.3. The van der Waals surface area contributed by atoms with E-state index in [9.17, 15) is 9.59 Å². The van der Waals surface area contributed by atoms with Crippen molar-refractivity contribution < 1.29 is 9.59 Å². The van der Waals surface area contributed by atoms with Crippen molar-refractivity contribution in [3.63, 3.8) is 0 Å². The lowest BCUT2D eigenvalue weighted by Gasteiger charge is -2.23. The number of likely N-dealkylation sites (tertiary alicyclic amines) is 1. The van der Waals surface area contributed by atoms with Gasteiger partial charge in [0.15, 0.2) is 0 Å². The smallest absolute Gasteiger partial charge is 0.224 e. The molecular weight excluding hydrogens is 230 g/mol. The lowest BCUT2D eigenvalue weighted by Crippen LogP contribution is -2.46. The molecule has 3 unspecified atom stereocenters. The van der Waals surface area contributed by atoms with Gasteiger partial charge in [-0.1, -0.05) is 0 Å². The van der Waals surface area contributed by atoms with Crippen LogP contribution < -0.4 is 10.6 Å². The minimum absolute atomic E-state index is 0.0346. The lowest BCUT2D eigenvalue weighted by molar-refractivity contribution is -0.130. The summed E-state index contributed by atoms with van der Waals surface area (Å²) in [5.41, 5.74) is 0. The van der Waals surface area contributed by atoms with Gasteiger partial charge in [-0.05, 0) is 33.2 Å². The number of hydrogen-bond donors (Lipinski definition) is 2. The van der Waals surface area contributed by atoms with E-state index in [1.165, 1.54) is 0 Å². The zero-order chi connectivity index (χ0) is 13.1. The Labute approximate surface area is 108 Å². The molecule has 2 aliphatic heterocycles. The number of nitrogens with one attached hydrogen (secondary N) is 2. The second-order valence-electron chi connectivity index (χ2n) is 5.49. The van der Waals surface area contributed by atoms with Crippen LogP contribution in [0.2, 0.25) is 0 Å². The third kappa shape index (κ3) is 3.02. The van der Waals surface area contributed by atoms with Gasteiger partial charge in [-0.2, -0.15) is 0 Å². The molecule has 2 N–H and O–H groups in total. The van der Waals surface area contributed by atoms with E-state index >= 15 is 0 Å². The van der Waals surface area contributed by atoms with E-state index < -0.39 is 0 Å². The highest BCUT2D eigenvalue weighted by molar-refractivity contribution is 5.80. The minimum Gasteiger partial charge on any atom is -0.352 e. The molecule has 3 atom stereocenters. The van der Waals surface area contributed by atoms with Gasteiger partial charge in [0.25, 0.3) is 0 Å². The third-order valence-corrected chi connectivity index (χ3v) is 3.92. The molecule has 5 heteroatoms. The van der Waals surface area contributed by atoms with E-state index in [-0.39, 0.29) is 29.8 Å². The maximum absolute atomic E-state index is 12.1. The van der Waals surface area contributed by atoms with Crippen LogP contribution in [0.15, 0.2) is 0 Å². The van der Waals surface area contributed by atoms with E-state index in [0.717, 1.165) is 25.9 Å². The summed E-state index contributed by atoms with van der Waals surface area (Å²) in [5, 5.41) is 6.31. The SMILES string of the molecule is CC(CN1CCCC1=O)NC(=O)C1CCNC1C. The summed E-state index contributed by atoms with van der Waals surface area (Å²) < 4.78 is 0. The summed E-state index contributed by atoms with van der Waals surface area (Å²) >= 11 is 0. The number of rotatable bonds is 4. The van der Waals surface area contributed by atoms with Gasteiger partial charge in [-0.15, -0.1) is 0 Å². The Bertz CT molecular complexity index is 332. The first-order valence-electron chi connectivity index (χ1n) is 6.89. The molecule has 0 bridgehead atoms. The predicted molar refractivity (Wildman–Crippen MR) is 69.0 cm³/mol. The average molecular weight is 253 g/mol. The molecule has 0 aromatic carbocycles. The van der Waals surface area contributed by atoms with E-state index in [1.807, 2.05) is 18.7 Å². The molecule has 102 valence electrons. The molecular formula is C13H23N3O2. The summed E-state index contributed by atoms with van der Waals surface area (Å²) in [6, 6.07) is 0.290. The van der Waals surface area contributed by atoms with E-state index in [0.29, 0.717) is 13.0 Å². The Hall–Kier alpha value is -1.10. The van der Waals surface area contributed by atoms with E-state index in [4.69, 9.17) is 0 Å². The van der Waals surface area contributed by atoms with Crippen LogP contribution in [0.1, 0.15) is 33.1 Å².